The van der Waals surface area contributed by atoms with Crippen LogP contribution in [0.25, 0.3) is 11.3 Å². The van der Waals surface area contributed by atoms with Gasteiger partial charge < -0.3 is 14.0 Å². The van der Waals surface area contributed by atoms with Gasteiger partial charge >= 0.3 is 5.97 Å². The van der Waals surface area contributed by atoms with E-state index >= 15 is 0 Å². The fourth-order valence-corrected chi connectivity index (χ4v) is 2.49. The maximum atomic E-state index is 12.0. The first-order chi connectivity index (χ1) is 12.1. The van der Waals surface area contributed by atoms with Crippen LogP contribution in [0.5, 0.6) is 5.75 Å². The Morgan fingerprint density at radius 1 is 1.12 bits per heavy atom. The molecule has 2 aromatic carbocycles. The quantitative estimate of drug-likeness (QED) is 0.638. The largest absolute Gasteiger partial charge is 0.497 e. The highest BCUT2D eigenvalue weighted by Gasteiger charge is 2.11. The standard InChI is InChI=1S/C20H19NO4/c1-14-5-3-6-15(9-14)10-20(22)24-13-17-12-19(25-21-17)16-7-4-8-18(11-16)23-2/h3-9,11-12H,10,13H2,1-2H3. The summed E-state index contributed by atoms with van der Waals surface area (Å²) in [5.74, 6) is 1.04. The normalized spacial score (nSPS) is 10.5. The molecule has 128 valence electrons. The number of esters is 1. The molecule has 0 saturated carbocycles. The van der Waals surface area contributed by atoms with Gasteiger partial charge in [-0.1, -0.05) is 47.1 Å². The van der Waals surface area contributed by atoms with E-state index < -0.39 is 0 Å². The predicted molar refractivity (Wildman–Crippen MR) is 93.2 cm³/mol. The van der Waals surface area contributed by atoms with E-state index in [0.29, 0.717) is 11.5 Å². The first kappa shape index (κ1) is 16.8. The lowest BCUT2D eigenvalue weighted by Gasteiger charge is -2.03. The molecule has 25 heavy (non-hydrogen) atoms. The van der Waals surface area contributed by atoms with E-state index in [-0.39, 0.29) is 19.0 Å². The van der Waals surface area contributed by atoms with E-state index in [1.54, 1.807) is 13.2 Å². The zero-order valence-electron chi connectivity index (χ0n) is 14.2. The van der Waals surface area contributed by atoms with Crippen molar-refractivity contribution in [2.45, 2.75) is 20.0 Å². The number of nitrogens with zero attached hydrogens (tertiary/aromatic N) is 1. The van der Waals surface area contributed by atoms with Crippen molar-refractivity contribution in [2.75, 3.05) is 7.11 Å². The lowest BCUT2D eigenvalue weighted by atomic mass is 10.1. The van der Waals surface area contributed by atoms with E-state index in [9.17, 15) is 4.79 Å². The zero-order chi connectivity index (χ0) is 17.6. The van der Waals surface area contributed by atoms with Gasteiger partial charge in [0.2, 0.25) is 0 Å². The van der Waals surface area contributed by atoms with Crippen molar-refractivity contribution in [1.82, 2.24) is 5.16 Å². The highest BCUT2D eigenvalue weighted by Crippen LogP contribution is 2.24. The first-order valence-electron chi connectivity index (χ1n) is 7.95. The third-order valence-electron chi connectivity index (χ3n) is 3.73. The Morgan fingerprint density at radius 3 is 2.76 bits per heavy atom. The molecule has 0 aliphatic heterocycles. The molecule has 0 aliphatic carbocycles. The van der Waals surface area contributed by atoms with Crippen molar-refractivity contribution in [3.63, 3.8) is 0 Å². The Morgan fingerprint density at radius 2 is 1.96 bits per heavy atom. The molecule has 0 atom stereocenters. The monoisotopic (exact) mass is 337 g/mol. The Balaban J connectivity index is 1.59. The summed E-state index contributed by atoms with van der Waals surface area (Å²) < 4.78 is 15.8. The first-order valence-corrected chi connectivity index (χ1v) is 7.95. The minimum Gasteiger partial charge on any atom is -0.497 e. The number of methoxy groups -OCH3 is 1. The van der Waals surface area contributed by atoms with Gasteiger partial charge in [-0.2, -0.15) is 0 Å². The smallest absolute Gasteiger partial charge is 0.310 e. The number of benzene rings is 2. The highest BCUT2D eigenvalue weighted by atomic mass is 16.5. The number of carbonyl (C=O) groups is 1. The second kappa shape index (κ2) is 7.66. The van der Waals surface area contributed by atoms with Crippen LogP contribution in [-0.4, -0.2) is 18.2 Å². The van der Waals surface area contributed by atoms with Crippen molar-refractivity contribution in [1.29, 1.82) is 0 Å². The molecule has 0 unspecified atom stereocenters. The molecular formula is C20H19NO4. The molecule has 3 rings (SSSR count). The van der Waals surface area contributed by atoms with Crippen molar-refractivity contribution in [3.8, 4) is 17.1 Å². The Hall–Kier alpha value is -3.08. The minimum atomic E-state index is -0.295. The van der Waals surface area contributed by atoms with Gasteiger partial charge in [0.05, 0.1) is 13.5 Å². The third-order valence-corrected chi connectivity index (χ3v) is 3.73. The number of hydrogen-bond acceptors (Lipinski definition) is 5. The van der Waals surface area contributed by atoms with Crippen LogP contribution >= 0.6 is 0 Å². The Labute approximate surface area is 146 Å². The lowest BCUT2D eigenvalue weighted by molar-refractivity contribution is -0.144. The topological polar surface area (TPSA) is 61.6 Å². The second-order valence-corrected chi connectivity index (χ2v) is 5.74. The lowest BCUT2D eigenvalue weighted by Crippen LogP contribution is -2.08. The van der Waals surface area contributed by atoms with Gasteiger partial charge in [0, 0.05) is 11.6 Å². The third kappa shape index (κ3) is 4.47. The SMILES string of the molecule is COc1cccc(-c2cc(COC(=O)Cc3cccc(C)c3)no2)c1. The minimum absolute atomic E-state index is 0.0815. The van der Waals surface area contributed by atoms with E-state index in [4.69, 9.17) is 14.0 Å². The van der Waals surface area contributed by atoms with E-state index in [1.165, 1.54) is 0 Å². The molecule has 0 aliphatic rings. The van der Waals surface area contributed by atoms with Gasteiger partial charge in [-0.15, -0.1) is 0 Å². The maximum absolute atomic E-state index is 12.0. The highest BCUT2D eigenvalue weighted by molar-refractivity contribution is 5.72. The Kier molecular flexibility index (Phi) is 5.14. The zero-order valence-corrected chi connectivity index (χ0v) is 14.2. The van der Waals surface area contributed by atoms with Crippen LogP contribution in [0.4, 0.5) is 0 Å². The molecule has 0 radical (unpaired) electrons. The van der Waals surface area contributed by atoms with Gasteiger partial charge in [-0.05, 0) is 24.6 Å². The van der Waals surface area contributed by atoms with Crippen LogP contribution in [0, 0.1) is 6.92 Å². The maximum Gasteiger partial charge on any atom is 0.310 e. The average molecular weight is 337 g/mol. The summed E-state index contributed by atoms with van der Waals surface area (Å²) in [6, 6.07) is 17.0. The number of aromatic nitrogens is 1. The molecule has 0 fully saturated rings. The second-order valence-electron chi connectivity index (χ2n) is 5.74. The fraction of sp³-hybridized carbons (Fsp3) is 0.200. The summed E-state index contributed by atoms with van der Waals surface area (Å²) >= 11 is 0. The number of carbonyl (C=O) groups excluding carboxylic acids is 1. The molecular weight excluding hydrogens is 318 g/mol. The number of hydrogen-bond donors (Lipinski definition) is 0. The van der Waals surface area contributed by atoms with Crippen LogP contribution in [0.15, 0.2) is 59.1 Å². The van der Waals surface area contributed by atoms with Crippen LogP contribution in [-0.2, 0) is 22.6 Å². The average Bonchev–Trinajstić information content (AvgIpc) is 3.09. The molecule has 5 heteroatoms. The van der Waals surface area contributed by atoms with Crippen molar-refractivity contribution >= 4 is 5.97 Å². The molecule has 0 saturated heterocycles. The van der Waals surface area contributed by atoms with E-state index in [1.807, 2.05) is 55.5 Å². The van der Waals surface area contributed by atoms with E-state index in [2.05, 4.69) is 5.16 Å². The molecule has 0 N–H and O–H groups in total. The van der Waals surface area contributed by atoms with Crippen LogP contribution in [0.2, 0.25) is 0 Å². The molecule has 5 nitrogen and oxygen atoms in total. The summed E-state index contributed by atoms with van der Waals surface area (Å²) in [4.78, 5) is 12.0. The van der Waals surface area contributed by atoms with Crippen LogP contribution < -0.4 is 4.74 Å². The van der Waals surface area contributed by atoms with Gasteiger partial charge in [-0.25, -0.2) is 0 Å². The van der Waals surface area contributed by atoms with Gasteiger partial charge in [-0.3, -0.25) is 4.79 Å². The van der Waals surface area contributed by atoms with Crippen LogP contribution in [0.1, 0.15) is 16.8 Å². The van der Waals surface area contributed by atoms with Crippen molar-refractivity contribution in [3.05, 3.63) is 71.4 Å². The molecule has 1 aromatic heterocycles. The summed E-state index contributed by atoms with van der Waals surface area (Å²) in [6.07, 6.45) is 0.238. The van der Waals surface area contributed by atoms with Crippen LogP contribution in [0.3, 0.4) is 0 Å². The number of ether oxygens (including phenoxy) is 2. The number of rotatable bonds is 6. The van der Waals surface area contributed by atoms with E-state index in [0.717, 1.165) is 22.4 Å². The fourth-order valence-electron chi connectivity index (χ4n) is 2.49. The molecule has 3 aromatic rings. The Bertz CT molecular complexity index is 869. The predicted octanol–water partition coefficient (Wildman–Crippen LogP) is 3.94. The summed E-state index contributed by atoms with van der Waals surface area (Å²) in [5.41, 5.74) is 3.46. The number of aryl methyl sites for hydroxylation is 1. The molecule has 1 heterocycles. The van der Waals surface area contributed by atoms with Crippen molar-refractivity contribution in [2.24, 2.45) is 0 Å². The summed E-state index contributed by atoms with van der Waals surface area (Å²) in [7, 11) is 1.61. The molecule has 0 bridgehead atoms. The van der Waals surface area contributed by atoms with Gasteiger partial charge in [0.15, 0.2) is 5.76 Å². The van der Waals surface area contributed by atoms with Crippen molar-refractivity contribution < 1.29 is 18.8 Å². The molecule has 0 amide bonds. The summed E-state index contributed by atoms with van der Waals surface area (Å²) in [5, 5.41) is 3.95. The van der Waals surface area contributed by atoms with Gasteiger partial charge in [0.25, 0.3) is 0 Å². The van der Waals surface area contributed by atoms with Gasteiger partial charge in [0.1, 0.15) is 18.1 Å². The summed E-state index contributed by atoms with van der Waals surface area (Å²) in [6.45, 7) is 2.07. The molecule has 0 spiro atoms.